The van der Waals surface area contributed by atoms with Gasteiger partial charge in [-0.2, -0.15) is 0 Å². The summed E-state index contributed by atoms with van der Waals surface area (Å²) >= 11 is 0. The number of aliphatic hydroxyl groups excluding tert-OH is 1. The number of carbonyl (C=O) groups is 3. The van der Waals surface area contributed by atoms with Gasteiger partial charge in [0.1, 0.15) is 16.7 Å². The third-order valence-corrected chi connectivity index (χ3v) is 9.82. The quantitative estimate of drug-likeness (QED) is 0.0616. The van der Waals surface area contributed by atoms with Crippen LogP contribution in [0.4, 0.5) is 0 Å². The topological polar surface area (TPSA) is 112 Å². The summed E-state index contributed by atoms with van der Waals surface area (Å²) in [5.74, 6) is -3.35. The Bertz CT molecular complexity index is 1480. The normalized spacial score (nSPS) is 25.8. The maximum absolute atomic E-state index is 15.0. The third-order valence-electron chi connectivity index (χ3n) is 9.82. The molecule has 0 aliphatic heterocycles. The zero-order chi connectivity index (χ0) is 33.2. The molecule has 44 heavy (non-hydrogen) atoms. The number of rotatable bonds is 10. The molecular weight excluding hydrogens is 552 g/mol. The number of aliphatic hydroxyl groups is 1. The van der Waals surface area contributed by atoms with Crippen molar-refractivity contribution in [3.8, 4) is 11.5 Å². The van der Waals surface area contributed by atoms with Gasteiger partial charge in [-0.1, -0.05) is 60.4 Å². The van der Waals surface area contributed by atoms with Gasteiger partial charge in [0.25, 0.3) is 0 Å². The Morgan fingerprint density at radius 2 is 1.43 bits per heavy atom. The highest BCUT2D eigenvalue weighted by Gasteiger charge is 2.73. The number of fused-ring (bicyclic) bond motifs is 2. The van der Waals surface area contributed by atoms with Crippen LogP contribution in [0.15, 0.2) is 70.4 Å². The van der Waals surface area contributed by atoms with E-state index in [-0.39, 0.29) is 36.5 Å². The Morgan fingerprint density at radius 3 is 2.00 bits per heavy atom. The number of hydrogen-bond donors (Lipinski definition) is 3. The second-order valence-corrected chi connectivity index (χ2v) is 14.1. The monoisotopic (exact) mass is 602 g/mol. The first kappa shape index (κ1) is 34.8. The highest BCUT2D eigenvalue weighted by molar-refractivity contribution is 6.41. The summed E-state index contributed by atoms with van der Waals surface area (Å²) in [4.78, 5) is 44.5. The van der Waals surface area contributed by atoms with E-state index in [4.69, 9.17) is 0 Å². The van der Waals surface area contributed by atoms with E-state index in [0.717, 1.165) is 35.6 Å². The highest BCUT2D eigenvalue weighted by atomic mass is 16.3. The number of Topliss-reactive ketones (excluding diaryl/α,β-unsaturated/α-hetero) is 3. The first-order valence-electron chi connectivity index (χ1n) is 15.6. The summed E-state index contributed by atoms with van der Waals surface area (Å²) in [6.07, 6.45) is 10.9. The molecule has 2 saturated carbocycles. The molecule has 3 rings (SSSR count). The van der Waals surface area contributed by atoms with Gasteiger partial charge >= 0.3 is 0 Å². The molecule has 0 spiro atoms. The van der Waals surface area contributed by atoms with E-state index in [0.29, 0.717) is 6.42 Å². The predicted molar refractivity (Wildman–Crippen MR) is 176 cm³/mol. The van der Waals surface area contributed by atoms with Gasteiger partial charge in [0.05, 0.1) is 5.41 Å². The van der Waals surface area contributed by atoms with Crippen molar-refractivity contribution in [1.29, 1.82) is 0 Å². The molecule has 2 bridgehead atoms. The minimum atomic E-state index is -1.59. The zero-order valence-corrected chi connectivity index (χ0v) is 27.9. The summed E-state index contributed by atoms with van der Waals surface area (Å²) in [6, 6.07) is 3.66. The van der Waals surface area contributed by atoms with Crippen molar-refractivity contribution in [3.05, 3.63) is 75.9 Å². The van der Waals surface area contributed by atoms with Gasteiger partial charge in [-0.25, -0.2) is 0 Å². The van der Waals surface area contributed by atoms with Gasteiger partial charge in [0, 0.05) is 5.56 Å². The van der Waals surface area contributed by atoms with E-state index in [9.17, 15) is 24.9 Å². The van der Waals surface area contributed by atoms with Crippen molar-refractivity contribution in [2.45, 2.75) is 101 Å². The van der Waals surface area contributed by atoms with Gasteiger partial charge in [0.15, 0.2) is 28.8 Å². The van der Waals surface area contributed by atoms with Crippen molar-refractivity contribution in [3.63, 3.8) is 0 Å². The maximum Gasteiger partial charge on any atom is 0.184 e. The van der Waals surface area contributed by atoms with Gasteiger partial charge in [-0.15, -0.1) is 0 Å². The molecule has 0 unspecified atom stereocenters. The number of ketones is 3. The van der Waals surface area contributed by atoms with E-state index in [1.54, 1.807) is 0 Å². The highest BCUT2D eigenvalue weighted by Crippen LogP contribution is 2.65. The van der Waals surface area contributed by atoms with Gasteiger partial charge in [-0.05, 0) is 117 Å². The maximum atomic E-state index is 15.0. The minimum Gasteiger partial charge on any atom is -0.506 e. The van der Waals surface area contributed by atoms with Gasteiger partial charge in [-0.3, -0.25) is 14.4 Å². The standard InChI is InChI=1S/C38H50O6/c1-23(2)11-10-12-26(7)18-19-37-22-28(15-13-24(3)4)36(8,9)38(35(37)44,20-17-25(5)6)34(43)31(33(37)42)32(41)27-14-16-29(39)30(40)21-27/h11,13-14,16-18,21,28,39-41H,10,12,15,19-20,22H2,1-9H3/b26-18+,32-31+/t28-,37+,38-/m0/s1. The summed E-state index contributed by atoms with van der Waals surface area (Å²) in [5.41, 5.74) is -0.0424. The number of allylic oxidation sites excluding steroid dienone is 9. The van der Waals surface area contributed by atoms with Gasteiger partial charge in [0.2, 0.25) is 0 Å². The van der Waals surface area contributed by atoms with Crippen molar-refractivity contribution in [2.75, 3.05) is 0 Å². The molecule has 0 amide bonds. The summed E-state index contributed by atoms with van der Waals surface area (Å²) in [7, 11) is 0. The lowest BCUT2D eigenvalue weighted by Gasteiger charge is -2.60. The molecular formula is C38H50O6. The Hall–Kier alpha value is -3.67. The van der Waals surface area contributed by atoms with E-state index in [1.165, 1.54) is 17.7 Å². The lowest BCUT2D eigenvalue weighted by molar-refractivity contribution is -0.176. The SMILES string of the molecule is CC(C)=CCC/C(C)=C/C[C@@]12C[C@H](CC=C(C)C)C(C)(C)[C@@](CC=C(C)C)(C(=O)/C(=C(/O)c3ccc(O)c(O)c3)C1=O)C2=O. The fourth-order valence-corrected chi connectivity index (χ4v) is 6.86. The molecule has 0 heterocycles. The van der Waals surface area contributed by atoms with Gasteiger partial charge < -0.3 is 15.3 Å². The van der Waals surface area contributed by atoms with Crippen LogP contribution in [0, 0.1) is 22.2 Å². The Balaban J connectivity index is 2.37. The Kier molecular flexibility index (Phi) is 10.4. The average molecular weight is 603 g/mol. The Morgan fingerprint density at radius 1 is 0.818 bits per heavy atom. The lowest BCUT2D eigenvalue weighted by Crippen LogP contribution is -2.69. The third kappa shape index (κ3) is 6.27. The fourth-order valence-electron chi connectivity index (χ4n) is 6.86. The van der Waals surface area contributed by atoms with Crippen LogP contribution in [0.3, 0.4) is 0 Å². The van der Waals surface area contributed by atoms with Crippen molar-refractivity contribution in [1.82, 2.24) is 0 Å². The summed E-state index contributed by atoms with van der Waals surface area (Å²) in [5, 5.41) is 31.6. The van der Waals surface area contributed by atoms with Crippen LogP contribution in [0.25, 0.3) is 5.76 Å². The molecule has 6 heteroatoms. The van der Waals surface area contributed by atoms with Crippen LogP contribution >= 0.6 is 0 Å². The van der Waals surface area contributed by atoms with Crippen LogP contribution < -0.4 is 0 Å². The average Bonchev–Trinajstić information content (AvgIpc) is 2.92. The second-order valence-electron chi connectivity index (χ2n) is 14.1. The lowest BCUT2D eigenvalue weighted by atomic mass is 9.38. The molecule has 3 atom stereocenters. The molecule has 238 valence electrons. The van der Waals surface area contributed by atoms with E-state index in [1.807, 2.05) is 74.5 Å². The largest absolute Gasteiger partial charge is 0.506 e. The van der Waals surface area contributed by atoms with E-state index >= 15 is 4.79 Å². The number of carbonyl (C=O) groups excluding carboxylic acids is 3. The molecule has 6 nitrogen and oxygen atoms in total. The molecule has 2 aliphatic rings. The molecule has 0 aromatic heterocycles. The molecule has 0 saturated heterocycles. The van der Waals surface area contributed by atoms with Crippen molar-refractivity contribution in [2.24, 2.45) is 22.2 Å². The van der Waals surface area contributed by atoms with Crippen LogP contribution in [0.2, 0.25) is 0 Å². The van der Waals surface area contributed by atoms with Crippen molar-refractivity contribution >= 4 is 23.1 Å². The summed E-state index contributed by atoms with van der Waals surface area (Å²) < 4.78 is 0. The smallest absolute Gasteiger partial charge is 0.184 e. The van der Waals surface area contributed by atoms with Crippen LogP contribution in [-0.2, 0) is 14.4 Å². The Labute approximate surface area is 263 Å². The molecule has 3 N–H and O–H groups in total. The molecule has 1 aromatic rings. The molecule has 2 fully saturated rings. The number of hydrogen-bond acceptors (Lipinski definition) is 6. The van der Waals surface area contributed by atoms with Crippen molar-refractivity contribution < 1.29 is 29.7 Å². The first-order chi connectivity index (χ1) is 20.4. The summed E-state index contributed by atoms with van der Waals surface area (Å²) in [6.45, 7) is 17.8. The number of phenols is 2. The predicted octanol–water partition coefficient (Wildman–Crippen LogP) is 8.90. The fraction of sp³-hybridized carbons (Fsp3) is 0.500. The molecule has 1 aromatic carbocycles. The zero-order valence-electron chi connectivity index (χ0n) is 27.9. The number of benzene rings is 1. The number of phenolic OH excluding ortho intramolecular Hbond substituents is 2. The molecule has 0 radical (unpaired) electrons. The minimum absolute atomic E-state index is 0.0179. The first-order valence-corrected chi connectivity index (χ1v) is 15.6. The van der Waals surface area contributed by atoms with Crippen LogP contribution in [-0.4, -0.2) is 32.7 Å². The molecule has 2 aliphatic carbocycles. The number of aromatic hydroxyl groups is 2. The van der Waals surface area contributed by atoms with E-state index in [2.05, 4.69) is 12.2 Å². The second kappa shape index (κ2) is 13.1. The van der Waals surface area contributed by atoms with Crippen LogP contribution in [0.1, 0.15) is 106 Å². The van der Waals surface area contributed by atoms with Crippen LogP contribution in [0.5, 0.6) is 11.5 Å². The van der Waals surface area contributed by atoms with E-state index < -0.39 is 50.6 Å².